The summed E-state index contributed by atoms with van der Waals surface area (Å²) in [5.74, 6) is -0.597. The highest BCUT2D eigenvalue weighted by Gasteiger charge is 2.34. The number of rotatable bonds is 7. The number of dihydropyridines is 1. The number of carboxylic acids is 1. The molecular weight excluding hydrogens is 376 g/mol. The number of nitrogens with one attached hydrogen (secondary N) is 1. The Kier molecular flexibility index (Phi) is 6.58. The van der Waals surface area contributed by atoms with E-state index in [2.05, 4.69) is 25.2 Å². The number of carboxylic acid groups (broad SMARTS) is 1. The summed E-state index contributed by atoms with van der Waals surface area (Å²) in [4.78, 5) is 12.0. The van der Waals surface area contributed by atoms with Gasteiger partial charge in [0.05, 0.1) is 23.1 Å². The van der Waals surface area contributed by atoms with Gasteiger partial charge in [-0.1, -0.05) is 56.3 Å². The molecule has 1 aliphatic heterocycles. The molecule has 3 rings (SSSR count). The molecule has 0 aliphatic carbocycles. The summed E-state index contributed by atoms with van der Waals surface area (Å²) in [6.45, 7) is 6.35. The molecule has 5 heteroatoms. The average Bonchev–Trinajstić information content (AvgIpc) is 2.72. The Labute approximate surface area is 177 Å². The zero-order valence-electron chi connectivity index (χ0n) is 17.5. The van der Waals surface area contributed by atoms with Crippen LogP contribution in [0.2, 0.25) is 0 Å². The Bertz CT molecular complexity index is 1010. The first-order chi connectivity index (χ1) is 14.4. The summed E-state index contributed by atoms with van der Waals surface area (Å²) < 4.78 is 5.84. The molecule has 0 saturated carbocycles. The summed E-state index contributed by atoms with van der Waals surface area (Å²) in [6.07, 6.45) is 0.682. The molecule has 2 N–H and O–H groups in total. The van der Waals surface area contributed by atoms with E-state index < -0.39 is 11.9 Å². The molecule has 1 atom stereocenters. The lowest BCUT2D eigenvalue weighted by atomic mass is 9.80. The maximum atomic E-state index is 12.0. The van der Waals surface area contributed by atoms with Crippen LogP contribution in [0.4, 0.5) is 0 Å². The summed E-state index contributed by atoms with van der Waals surface area (Å²) in [7, 11) is 0. The van der Waals surface area contributed by atoms with Gasteiger partial charge in [0.15, 0.2) is 0 Å². The second kappa shape index (κ2) is 9.32. The first-order valence-electron chi connectivity index (χ1n) is 10.0. The third-order valence-corrected chi connectivity index (χ3v) is 5.07. The van der Waals surface area contributed by atoms with Crippen molar-refractivity contribution in [3.63, 3.8) is 0 Å². The number of allylic oxidation sites excluding steroid dienone is 3. The van der Waals surface area contributed by atoms with Crippen molar-refractivity contribution in [2.75, 3.05) is 0 Å². The van der Waals surface area contributed by atoms with Crippen LogP contribution in [0.15, 0.2) is 77.1 Å². The number of ether oxygens (including phenoxy) is 1. The Balaban J connectivity index is 1.91. The van der Waals surface area contributed by atoms with Crippen molar-refractivity contribution in [1.82, 2.24) is 5.32 Å². The Hall–Kier alpha value is -3.52. The van der Waals surface area contributed by atoms with Gasteiger partial charge >= 0.3 is 5.97 Å². The number of hydrogen-bond donors (Lipinski definition) is 2. The van der Waals surface area contributed by atoms with Crippen LogP contribution < -0.4 is 10.1 Å². The number of hydrogen-bond acceptors (Lipinski definition) is 4. The van der Waals surface area contributed by atoms with E-state index in [1.807, 2.05) is 54.6 Å². The van der Waals surface area contributed by atoms with Crippen molar-refractivity contribution in [1.29, 1.82) is 5.26 Å². The molecule has 30 heavy (non-hydrogen) atoms. The molecule has 0 spiro atoms. The highest BCUT2D eigenvalue weighted by Crippen LogP contribution is 2.39. The molecule has 0 fully saturated rings. The van der Waals surface area contributed by atoms with Gasteiger partial charge in [-0.3, -0.25) is 0 Å². The molecule has 0 amide bonds. The average molecular weight is 402 g/mol. The van der Waals surface area contributed by atoms with E-state index in [0.29, 0.717) is 36.0 Å². The van der Waals surface area contributed by atoms with Crippen LogP contribution in [0.3, 0.4) is 0 Å². The summed E-state index contributed by atoms with van der Waals surface area (Å²) >= 11 is 0. The fourth-order valence-electron chi connectivity index (χ4n) is 3.71. The lowest BCUT2D eigenvalue weighted by molar-refractivity contribution is -0.133. The van der Waals surface area contributed by atoms with Gasteiger partial charge in [-0.15, -0.1) is 0 Å². The maximum absolute atomic E-state index is 12.0. The van der Waals surface area contributed by atoms with Crippen molar-refractivity contribution in [3.05, 3.63) is 88.3 Å². The smallest absolute Gasteiger partial charge is 0.334 e. The highest BCUT2D eigenvalue weighted by molar-refractivity contribution is 5.91. The minimum Gasteiger partial charge on any atom is -0.489 e. The first-order valence-corrected chi connectivity index (χ1v) is 10.0. The van der Waals surface area contributed by atoms with Gasteiger partial charge in [0.25, 0.3) is 0 Å². The van der Waals surface area contributed by atoms with Crippen molar-refractivity contribution >= 4 is 5.97 Å². The standard InChI is InChI=1S/C25H26N2O3/c1-16(2)13-22-21(14-26)24(23(25(28)29)17(3)27-22)19-9-11-20(12-10-19)30-15-18-7-5-4-6-8-18/h4-12,16,24,27H,13,15H2,1-3H3,(H,28,29). The molecule has 1 unspecified atom stereocenters. The normalized spacial score (nSPS) is 16.3. The topological polar surface area (TPSA) is 82.3 Å². The van der Waals surface area contributed by atoms with E-state index in [1.54, 1.807) is 6.92 Å². The van der Waals surface area contributed by atoms with Crippen LogP contribution in [0, 0.1) is 17.2 Å². The van der Waals surface area contributed by atoms with Crippen molar-refractivity contribution in [3.8, 4) is 11.8 Å². The van der Waals surface area contributed by atoms with Crippen LogP contribution in [-0.4, -0.2) is 11.1 Å². The fourth-order valence-corrected chi connectivity index (χ4v) is 3.71. The Morgan fingerprint density at radius 3 is 2.40 bits per heavy atom. The molecule has 0 saturated heterocycles. The van der Waals surface area contributed by atoms with Crippen LogP contribution in [-0.2, 0) is 11.4 Å². The Morgan fingerprint density at radius 2 is 1.83 bits per heavy atom. The van der Waals surface area contributed by atoms with Gasteiger partial charge in [-0.25, -0.2) is 4.79 Å². The quantitative estimate of drug-likeness (QED) is 0.670. The van der Waals surface area contributed by atoms with E-state index in [4.69, 9.17) is 4.74 Å². The molecule has 2 aromatic carbocycles. The van der Waals surface area contributed by atoms with E-state index in [-0.39, 0.29) is 5.57 Å². The summed E-state index contributed by atoms with van der Waals surface area (Å²) in [6, 6.07) is 19.5. The van der Waals surface area contributed by atoms with Gasteiger partial charge in [0, 0.05) is 11.4 Å². The number of benzene rings is 2. The second-order valence-electron chi connectivity index (χ2n) is 7.85. The third-order valence-electron chi connectivity index (χ3n) is 5.07. The van der Waals surface area contributed by atoms with Crippen LogP contribution in [0.1, 0.15) is 44.2 Å². The van der Waals surface area contributed by atoms with E-state index in [9.17, 15) is 15.2 Å². The Morgan fingerprint density at radius 1 is 1.17 bits per heavy atom. The van der Waals surface area contributed by atoms with Crippen LogP contribution >= 0.6 is 0 Å². The summed E-state index contributed by atoms with van der Waals surface area (Å²) in [5, 5.41) is 22.9. The molecule has 0 radical (unpaired) electrons. The second-order valence-corrected chi connectivity index (χ2v) is 7.85. The SMILES string of the molecule is CC1=C(C(=O)O)C(c2ccc(OCc3ccccc3)cc2)C(C#N)=C(CC(C)C)N1. The minimum atomic E-state index is -1.02. The molecule has 2 aromatic rings. The van der Waals surface area contributed by atoms with Gasteiger partial charge in [0.2, 0.25) is 0 Å². The minimum absolute atomic E-state index is 0.206. The number of nitrogens with zero attached hydrogens (tertiary/aromatic N) is 1. The van der Waals surface area contributed by atoms with Gasteiger partial charge < -0.3 is 15.2 Å². The third kappa shape index (κ3) is 4.72. The number of nitriles is 1. The number of aliphatic carboxylic acids is 1. The van der Waals surface area contributed by atoms with Gasteiger partial charge in [-0.2, -0.15) is 5.26 Å². The van der Waals surface area contributed by atoms with Crippen molar-refractivity contribution in [2.45, 2.75) is 39.7 Å². The van der Waals surface area contributed by atoms with Gasteiger partial charge in [0.1, 0.15) is 12.4 Å². The highest BCUT2D eigenvalue weighted by atomic mass is 16.5. The van der Waals surface area contributed by atoms with E-state index in [0.717, 1.165) is 16.8 Å². The predicted molar refractivity (Wildman–Crippen MR) is 116 cm³/mol. The molecule has 0 aromatic heterocycles. The molecule has 5 nitrogen and oxygen atoms in total. The maximum Gasteiger partial charge on any atom is 0.334 e. The molecular formula is C25H26N2O3. The first kappa shape index (κ1) is 21.2. The molecule has 1 aliphatic rings. The van der Waals surface area contributed by atoms with Crippen molar-refractivity contribution < 1.29 is 14.6 Å². The van der Waals surface area contributed by atoms with E-state index in [1.165, 1.54) is 0 Å². The fraction of sp³-hybridized carbons (Fsp3) is 0.280. The lowest BCUT2D eigenvalue weighted by Gasteiger charge is -2.29. The van der Waals surface area contributed by atoms with Crippen LogP contribution in [0.5, 0.6) is 5.75 Å². The molecule has 1 heterocycles. The zero-order valence-corrected chi connectivity index (χ0v) is 17.5. The van der Waals surface area contributed by atoms with E-state index >= 15 is 0 Å². The molecule has 154 valence electrons. The predicted octanol–water partition coefficient (Wildman–Crippen LogP) is 5.13. The largest absolute Gasteiger partial charge is 0.489 e. The molecule has 0 bridgehead atoms. The zero-order chi connectivity index (χ0) is 21.7. The number of carbonyl (C=O) groups is 1. The van der Waals surface area contributed by atoms with Crippen molar-refractivity contribution in [2.24, 2.45) is 5.92 Å². The lowest BCUT2D eigenvalue weighted by Crippen LogP contribution is -2.29. The van der Waals surface area contributed by atoms with Crippen LogP contribution in [0.25, 0.3) is 0 Å². The summed E-state index contributed by atoms with van der Waals surface area (Å²) in [5.41, 5.74) is 3.87. The monoisotopic (exact) mass is 402 g/mol. The van der Waals surface area contributed by atoms with Gasteiger partial charge in [-0.05, 0) is 42.5 Å².